The predicted molar refractivity (Wildman–Crippen MR) is 158 cm³/mol. The van der Waals surface area contributed by atoms with Gasteiger partial charge in [0, 0.05) is 17.3 Å². The molecule has 196 valence electrons. The summed E-state index contributed by atoms with van der Waals surface area (Å²) in [4.78, 5) is 34.3. The van der Waals surface area contributed by atoms with Gasteiger partial charge in [-0.3, -0.25) is 9.36 Å². The standard InChI is InChI=1S/C32H29ClN4O2/c1-3-23-16-18-27(19-17-23)37-30(35-29-15-8-7-14-28(29)31(37)38)22(2)36(21-24-10-5-4-6-11-24)32(39)34-26-13-9-12-25(33)20-26/h4-20,22H,3,21H2,1-2H3,(H,34,39). The van der Waals surface area contributed by atoms with Crippen molar-refractivity contribution in [1.82, 2.24) is 14.5 Å². The fraction of sp³-hybridized carbons (Fsp3) is 0.156. The molecule has 0 aliphatic carbocycles. The summed E-state index contributed by atoms with van der Waals surface area (Å²) >= 11 is 6.17. The molecule has 39 heavy (non-hydrogen) atoms. The second kappa shape index (κ2) is 11.5. The van der Waals surface area contributed by atoms with E-state index in [1.54, 1.807) is 39.8 Å². The molecule has 5 rings (SSSR count). The van der Waals surface area contributed by atoms with E-state index < -0.39 is 6.04 Å². The Morgan fingerprint density at radius 1 is 0.923 bits per heavy atom. The molecule has 0 fully saturated rings. The zero-order valence-corrected chi connectivity index (χ0v) is 22.6. The molecular formula is C32H29ClN4O2. The van der Waals surface area contributed by atoms with Gasteiger partial charge in [0.15, 0.2) is 0 Å². The number of hydrogen-bond acceptors (Lipinski definition) is 3. The average Bonchev–Trinajstić information content (AvgIpc) is 2.96. The SMILES string of the molecule is CCc1ccc(-n2c(C(C)N(Cc3ccccc3)C(=O)Nc3cccc(Cl)c3)nc3ccccc3c2=O)cc1. The first-order valence-corrected chi connectivity index (χ1v) is 13.3. The third-order valence-electron chi connectivity index (χ3n) is 6.78. The van der Waals surface area contributed by atoms with Crippen molar-refractivity contribution in [1.29, 1.82) is 0 Å². The number of carbonyl (C=O) groups excluding carboxylic acids is 1. The molecule has 0 bridgehead atoms. The fourth-order valence-corrected chi connectivity index (χ4v) is 4.82. The number of halogens is 1. The smallest absolute Gasteiger partial charge is 0.310 e. The maximum Gasteiger partial charge on any atom is 0.322 e. The lowest BCUT2D eigenvalue weighted by atomic mass is 10.1. The van der Waals surface area contributed by atoms with Gasteiger partial charge in [-0.1, -0.05) is 79.2 Å². The lowest BCUT2D eigenvalue weighted by Crippen LogP contribution is -2.39. The molecule has 6 nitrogen and oxygen atoms in total. The van der Waals surface area contributed by atoms with Crippen molar-refractivity contribution in [2.24, 2.45) is 0 Å². The van der Waals surface area contributed by atoms with Crippen LogP contribution in [-0.4, -0.2) is 20.5 Å². The zero-order valence-electron chi connectivity index (χ0n) is 21.8. The number of nitrogens with zero attached hydrogens (tertiary/aromatic N) is 3. The highest BCUT2D eigenvalue weighted by molar-refractivity contribution is 6.30. The molecular weight excluding hydrogens is 508 g/mol. The number of carbonyl (C=O) groups is 1. The molecule has 1 aromatic heterocycles. The normalized spacial score (nSPS) is 11.8. The Kier molecular flexibility index (Phi) is 7.75. The molecule has 1 unspecified atom stereocenters. The van der Waals surface area contributed by atoms with Crippen LogP contribution in [0.2, 0.25) is 5.02 Å². The first kappa shape index (κ1) is 26.2. The number of anilines is 1. The van der Waals surface area contributed by atoms with E-state index in [4.69, 9.17) is 16.6 Å². The van der Waals surface area contributed by atoms with Crippen LogP contribution in [0.4, 0.5) is 10.5 Å². The van der Waals surface area contributed by atoms with Crippen molar-refractivity contribution < 1.29 is 4.79 Å². The van der Waals surface area contributed by atoms with Crippen molar-refractivity contribution >= 4 is 34.2 Å². The topological polar surface area (TPSA) is 67.2 Å². The van der Waals surface area contributed by atoms with Crippen LogP contribution in [0.3, 0.4) is 0 Å². The van der Waals surface area contributed by atoms with Crippen LogP contribution in [0.15, 0.2) is 108 Å². The molecule has 0 saturated heterocycles. The monoisotopic (exact) mass is 536 g/mol. The number of nitrogens with one attached hydrogen (secondary N) is 1. The minimum atomic E-state index is -0.562. The second-order valence-corrected chi connectivity index (χ2v) is 9.81. The van der Waals surface area contributed by atoms with Crippen molar-refractivity contribution in [2.75, 3.05) is 5.32 Å². The first-order chi connectivity index (χ1) is 18.9. The number of aryl methyl sites for hydroxylation is 1. The zero-order chi connectivity index (χ0) is 27.4. The molecule has 1 N–H and O–H groups in total. The van der Waals surface area contributed by atoms with Gasteiger partial charge in [-0.05, 0) is 66.9 Å². The fourth-order valence-electron chi connectivity index (χ4n) is 4.63. The van der Waals surface area contributed by atoms with Gasteiger partial charge in [0.05, 0.1) is 22.6 Å². The van der Waals surface area contributed by atoms with E-state index in [0.29, 0.717) is 39.7 Å². The van der Waals surface area contributed by atoms with E-state index >= 15 is 0 Å². The Hall–Kier alpha value is -4.42. The highest BCUT2D eigenvalue weighted by atomic mass is 35.5. The van der Waals surface area contributed by atoms with Crippen molar-refractivity contribution in [3.63, 3.8) is 0 Å². The van der Waals surface area contributed by atoms with Crippen LogP contribution in [0.1, 0.15) is 36.8 Å². The molecule has 1 atom stereocenters. The van der Waals surface area contributed by atoms with Crippen LogP contribution >= 0.6 is 11.6 Å². The molecule has 0 spiro atoms. The van der Waals surface area contributed by atoms with Crippen molar-refractivity contribution in [3.8, 4) is 5.69 Å². The average molecular weight is 537 g/mol. The number of aromatic nitrogens is 2. The Labute approximate surface area is 232 Å². The molecule has 0 radical (unpaired) electrons. The first-order valence-electron chi connectivity index (χ1n) is 12.9. The highest BCUT2D eigenvalue weighted by Gasteiger charge is 2.27. The van der Waals surface area contributed by atoms with Crippen LogP contribution in [0.25, 0.3) is 16.6 Å². The maximum absolute atomic E-state index is 13.9. The Morgan fingerprint density at radius 2 is 1.64 bits per heavy atom. The van der Waals surface area contributed by atoms with Crippen LogP contribution in [0, 0.1) is 0 Å². The van der Waals surface area contributed by atoms with E-state index in [0.717, 1.165) is 12.0 Å². The van der Waals surface area contributed by atoms with Gasteiger partial charge in [0.2, 0.25) is 0 Å². The molecule has 0 saturated carbocycles. The van der Waals surface area contributed by atoms with Crippen LogP contribution < -0.4 is 10.9 Å². The molecule has 1 heterocycles. The molecule has 0 aliphatic rings. The number of hydrogen-bond donors (Lipinski definition) is 1. The van der Waals surface area contributed by atoms with Crippen molar-refractivity contribution in [2.45, 2.75) is 32.9 Å². The minimum absolute atomic E-state index is 0.179. The molecule has 0 aliphatic heterocycles. The third-order valence-corrected chi connectivity index (χ3v) is 7.01. The summed E-state index contributed by atoms with van der Waals surface area (Å²) in [6.07, 6.45) is 0.892. The molecule has 2 amide bonds. The summed E-state index contributed by atoms with van der Waals surface area (Å²) in [5, 5.41) is 4.01. The second-order valence-electron chi connectivity index (χ2n) is 9.38. The summed E-state index contributed by atoms with van der Waals surface area (Å²) in [5.41, 5.74) is 3.81. The van der Waals surface area contributed by atoms with E-state index in [1.807, 2.05) is 79.7 Å². The Morgan fingerprint density at radius 3 is 2.36 bits per heavy atom. The lowest BCUT2D eigenvalue weighted by Gasteiger charge is -2.31. The van der Waals surface area contributed by atoms with Crippen molar-refractivity contribution in [3.05, 3.63) is 135 Å². The molecule has 7 heteroatoms. The molecule has 4 aromatic carbocycles. The van der Waals surface area contributed by atoms with Gasteiger partial charge in [-0.25, -0.2) is 9.78 Å². The van der Waals surface area contributed by atoms with E-state index in [2.05, 4.69) is 12.2 Å². The number of amides is 2. The lowest BCUT2D eigenvalue weighted by molar-refractivity contribution is 0.185. The number of rotatable bonds is 7. The van der Waals surface area contributed by atoms with E-state index in [1.165, 1.54) is 5.56 Å². The summed E-state index contributed by atoms with van der Waals surface area (Å²) in [5.74, 6) is 0.472. The summed E-state index contributed by atoms with van der Waals surface area (Å²) in [7, 11) is 0. The van der Waals surface area contributed by atoms with E-state index in [-0.39, 0.29) is 11.6 Å². The number of fused-ring (bicyclic) bond motifs is 1. The largest absolute Gasteiger partial charge is 0.322 e. The highest BCUT2D eigenvalue weighted by Crippen LogP contribution is 2.26. The minimum Gasteiger partial charge on any atom is -0.310 e. The summed E-state index contributed by atoms with van der Waals surface area (Å²) in [6.45, 7) is 4.30. The third kappa shape index (κ3) is 5.71. The number of benzene rings is 4. The summed E-state index contributed by atoms with van der Waals surface area (Å²) in [6, 6.07) is 31.1. The van der Waals surface area contributed by atoms with Gasteiger partial charge in [0.1, 0.15) is 5.82 Å². The Bertz CT molecular complexity index is 1670. The number of para-hydroxylation sites is 1. The van der Waals surface area contributed by atoms with Gasteiger partial charge in [-0.2, -0.15) is 0 Å². The van der Waals surface area contributed by atoms with Gasteiger partial charge < -0.3 is 10.2 Å². The maximum atomic E-state index is 13.9. The van der Waals surface area contributed by atoms with Gasteiger partial charge in [0.25, 0.3) is 5.56 Å². The van der Waals surface area contributed by atoms with Gasteiger partial charge in [-0.15, -0.1) is 0 Å². The van der Waals surface area contributed by atoms with Gasteiger partial charge >= 0.3 is 6.03 Å². The van der Waals surface area contributed by atoms with Crippen LogP contribution in [-0.2, 0) is 13.0 Å². The quantitative estimate of drug-likeness (QED) is 0.236. The number of urea groups is 1. The Balaban J connectivity index is 1.64. The van der Waals surface area contributed by atoms with E-state index in [9.17, 15) is 9.59 Å². The summed E-state index contributed by atoms with van der Waals surface area (Å²) < 4.78 is 1.62. The molecule has 5 aromatic rings. The van der Waals surface area contributed by atoms with Crippen LogP contribution in [0.5, 0.6) is 0 Å². The predicted octanol–water partition coefficient (Wildman–Crippen LogP) is 7.40.